The van der Waals surface area contributed by atoms with Gasteiger partial charge in [0.25, 0.3) is 0 Å². The largest absolute Gasteiger partial charge is 0.504 e. The van der Waals surface area contributed by atoms with Gasteiger partial charge in [-0.3, -0.25) is 0 Å². The van der Waals surface area contributed by atoms with Crippen LogP contribution in [-0.2, 0) is 0 Å². The third-order valence-corrected chi connectivity index (χ3v) is 2.57. The Morgan fingerprint density at radius 1 is 1.19 bits per heavy atom. The molecule has 4 nitrogen and oxygen atoms in total. The summed E-state index contributed by atoms with van der Waals surface area (Å²) in [5, 5.41) is 29.0. The summed E-state index contributed by atoms with van der Waals surface area (Å²) < 4.78 is 0. The Kier molecular flexibility index (Phi) is 2.20. The molecule has 0 spiro atoms. The Labute approximate surface area is 91.4 Å². The summed E-state index contributed by atoms with van der Waals surface area (Å²) in [6.07, 6.45) is 0. The van der Waals surface area contributed by atoms with Crippen molar-refractivity contribution in [3.8, 4) is 11.5 Å². The number of aryl methyl sites for hydroxylation is 1. The minimum Gasteiger partial charge on any atom is -0.504 e. The van der Waals surface area contributed by atoms with E-state index in [1.807, 2.05) is 13.0 Å². The Balaban J connectivity index is 3.00. The van der Waals surface area contributed by atoms with E-state index in [-0.39, 0.29) is 5.56 Å². The minimum atomic E-state index is -1.26. The van der Waals surface area contributed by atoms with Gasteiger partial charge in [0.2, 0.25) is 0 Å². The molecule has 0 aliphatic rings. The molecule has 0 saturated carbocycles. The van der Waals surface area contributed by atoms with Crippen LogP contribution in [0, 0.1) is 6.92 Å². The number of aromatic carboxylic acids is 1. The summed E-state index contributed by atoms with van der Waals surface area (Å²) in [7, 11) is 0. The summed E-state index contributed by atoms with van der Waals surface area (Å²) in [5.74, 6) is -2.27. The second-order valence-corrected chi connectivity index (χ2v) is 3.59. The second-order valence-electron chi connectivity index (χ2n) is 3.59. The number of carboxylic acid groups (broad SMARTS) is 1. The van der Waals surface area contributed by atoms with Gasteiger partial charge in [0.15, 0.2) is 11.5 Å². The van der Waals surface area contributed by atoms with Gasteiger partial charge in [0.1, 0.15) is 5.56 Å². The van der Waals surface area contributed by atoms with Crippen molar-refractivity contribution < 1.29 is 20.1 Å². The molecular formula is C12H10O4. The van der Waals surface area contributed by atoms with Crippen LogP contribution >= 0.6 is 0 Å². The molecule has 0 aliphatic carbocycles. The fourth-order valence-corrected chi connectivity index (χ4v) is 1.77. The molecule has 2 aromatic carbocycles. The van der Waals surface area contributed by atoms with Crippen molar-refractivity contribution in [2.45, 2.75) is 6.92 Å². The second kappa shape index (κ2) is 3.41. The van der Waals surface area contributed by atoms with Crippen molar-refractivity contribution in [3.63, 3.8) is 0 Å². The molecule has 82 valence electrons. The highest BCUT2D eigenvalue weighted by molar-refractivity contribution is 6.08. The highest BCUT2D eigenvalue weighted by atomic mass is 16.4. The maximum Gasteiger partial charge on any atom is 0.340 e. The molecule has 0 heterocycles. The predicted octanol–water partition coefficient (Wildman–Crippen LogP) is 2.26. The maximum absolute atomic E-state index is 11.0. The molecule has 0 aliphatic heterocycles. The predicted molar refractivity (Wildman–Crippen MR) is 59.0 cm³/mol. The van der Waals surface area contributed by atoms with Gasteiger partial charge in [-0.05, 0) is 23.9 Å². The highest BCUT2D eigenvalue weighted by Gasteiger charge is 2.18. The standard InChI is InChI=1S/C12H10O4/c1-6-3-2-4-7-8(6)5-9(13)11(14)10(7)12(15)16/h2-5,13-14H,1H3,(H,15,16). The number of hydrogen-bond acceptors (Lipinski definition) is 3. The molecule has 0 unspecified atom stereocenters. The van der Waals surface area contributed by atoms with Crippen LogP contribution < -0.4 is 0 Å². The number of hydrogen-bond donors (Lipinski definition) is 3. The average molecular weight is 218 g/mol. The topological polar surface area (TPSA) is 77.8 Å². The van der Waals surface area contributed by atoms with E-state index in [4.69, 9.17) is 5.11 Å². The third-order valence-electron chi connectivity index (χ3n) is 2.57. The van der Waals surface area contributed by atoms with E-state index >= 15 is 0 Å². The Bertz CT molecular complexity index is 587. The number of fused-ring (bicyclic) bond motifs is 1. The SMILES string of the molecule is Cc1cccc2c(C(=O)O)c(O)c(O)cc12. The summed E-state index contributed by atoms with van der Waals surface area (Å²) in [6, 6.07) is 6.49. The van der Waals surface area contributed by atoms with Crippen molar-refractivity contribution in [1.82, 2.24) is 0 Å². The number of carbonyl (C=O) groups is 1. The number of benzene rings is 2. The molecule has 0 fully saturated rings. The number of phenolic OH excluding ortho intramolecular Hbond substituents is 1. The van der Waals surface area contributed by atoms with E-state index in [9.17, 15) is 15.0 Å². The first-order chi connectivity index (χ1) is 7.52. The van der Waals surface area contributed by atoms with Gasteiger partial charge in [-0.2, -0.15) is 0 Å². The van der Waals surface area contributed by atoms with Crippen LogP contribution in [0.4, 0.5) is 0 Å². The molecule has 0 atom stereocenters. The molecule has 4 heteroatoms. The van der Waals surface area contributed by atoms with Crippen LogP contribution in [-0.4, -0.2) is 21.3 Å². The quantitative estimate of drug-likeness (QED) is 0.641. The summed E-state index contributed by atoms with van der Waals surface area (Å²) in [4.78, 5) is 11.0. The van der Waals surface area contributed by atoms with Crippen molar-refractivity contribution in [3.05, 3.63) is 35.4 Å². The summed E-state index contributed by atoms with van der Waals surface area (Å²) in [6.45, 7) is 1.81. The molecule has 0 amide bonds. The zero-order chi connectivity index (χ0) is 11.9. The molecule has 3 N–H and O–H groups in total. The zero-order valence-corrected chi connectivity index (χ0v) is 8.56. The molecule has 0 bridgehead atoms. The van der Waals surface area contributed by atoms with Gasteiger partial charge < -0.3 is 15.3 Å². The summed E-state index contributed by atoms with van der Waals surface area (Å²) >= 11 is 0. The van der Waals surface area contributed by atoms with Gasteiger partial charge in [-0.25, -0.2) is 4.79 Å². The van der Waals surface area contributed by atoms with Gasteiger partial charge in [-0.1, -0.05) is 18.2 Å². The minimum absolute atomic E-state index is 0.265. The van der Waals surface area contributed by atoms with Gasteiger partial charge in [0.05, 0.1) is 0 Å². The van der Waals surface area contributed by atoms with Crippen molar-refractivity contribution in [2.75, 3.05) is 0 Å². The Hall–Kier alpha value is -2.23. The fraction of sp³-hybridized carbons (Fsp3) is 0.0833. The lowest BCUT2D eigenvalue weighted by atomic mass is 9.99. The lowest BCUT2D eigenvalue weighted by Crippen LogP contribution is -1.99. The lowest BCUT2D eigenvalue weighted by molar-refractivity contribution is 0.0695. The van der Waals surface area contributed by atoms with Gasteiger partial charge >= 0.3 is 5.97 Å². The van der Waals surface area contributed by atoms with Crippen molar-refractivity contribution >= 4 is 16.7 Å². The molecule has 0 aromatic heterocycles. The molecule has 0 saturated heterocycles. The molecule has 2 aromatic rings. The van der Waals surface area contributed by atoms with Crippen LogP contribution in [0.15, 0.2) is 24.3 Å². The molecule has 16 heavy (non-hydrogen) atoms. The van der Waals surface area contributed by atoms with Crippen LogP contribution in [0.3, 0.4) is 0 Å². The van der Waals surface area contributed by atoms with E-state index in [1.54, 1.807) is 12.1 Å². The maximum atomic E-state index is 11.0. The number of rotatable bonds is 1. The number of aromatic hydroxyl groups is 2. The third kappa shape index (κ3) is 1.35. The first-order valence-corrected chi connectivity index (χ1v) is 4.70. The van der Waals surface area contributed by atoms with Crippen molar-refractivity contribution in [2.24, 2.45) is 0 Å². The lowest BCUT2D eigenvalue weighted by Gasteiger charge is -2.08. The molecular weight excluding hydrogens is 208 g/mol. The van der Waals surface area contributed by atoms with Crippen molar-refractivity contribution in [1.29, 1.82) is 0 Å². The van der Waals surface area contributed by atoms with Crippen LogP contribution in [0.2, 0.25) is 0 Å². The highest BCUT2D eigenvalue weighted by Crippen LogP contribution is 2.36. The number of carboxylic acids is 1. The fourth-order valence-electron chi connectivity index (χ4n) is 1.77. The van der Waals surface area contributed by atoms with E-state index < -0.39 is 17.5 Å². The summed E-state index contributed by atoms with van der Waals surface area (Å²) in [5.41, 5.74) is 0.578. The van der Waals surface area contributed by atoms with Crippen LogP contribution in [0.25, 0.3) is 10.8 Å². The Morgan fingerprint density at radius 3 is 2.50 bits per heavy atom. The Morgan fingerprint density at radius 2 is 1.88 bits per heavy atom. The average Bonchev–Trinajstić information content (AvgIpc) is 2.21. The van der Waals surface area contributed by atoms with Gasteiger partial charge in [-0.15, -0.1) is 0 Å². The van der Waals surface area contributed by atoms with Crippen LogP contribution in [0.1, 0.15) is 15.9 Å². The molecule has 0 radical (unpaired) electrons. The van der Waals surface area contributed by atoms with Gasteiger partial charge in [0, 0.05) is 5.39 Å². The van der Waals surface area contributed by atoms with E-state index in [1.165, 1.54) is 6.07 Å². The zero-order valence-electron chi connectivity index (χ0n) is 8.56. The van der Waals surface area contributed by atoms with E-state index in [0.717, 1.165) is 5.56 Å². The van der Waals surface area contributed by atoms with E-state index in [0.29, 0.717) is 10.8 Å². The van der Waals surface area contributed by atoms with E-state index in [2.05, 4.69) is 0 Å². The normalized spacial score (nSPS) is 10.6. The first-order valence-electron chi connectivity index (χ1n) is 4.70. The molecule has 2 rings (SSSR count). The number of phenols is 2. The smallest absolute Gasteiger partial charge is 0.340 e. The monoisotopic (exact) mass is 218 g/mol. The first kappa shape index (κ1) is 10.3. The van der Waals surface area contributed by atoms with Crippen LogP contribution in [0.5, 0.6) is 11.5 Å².